The van der Waals surface area contributed by atoms with Crippen molar-refractivity contribution in [2.45, 2.75) is 24.5 Å². The average molecular weight is 1260 g/mol. The second-order valence-corrected chi connectivity index (χ2v) is 22.2. The van der Waals surface area contributed by atoms with Crippen molar-refractivity contribution < 1.29 is 106 Å². The molecule has 0 saturated carbocycles. The van der Waals surface area contributed by atoms with Crippen LogP contribution in [0.1, 0.15) is 0 Å². The number of nitrogen functional groups attached to an aromatic ring is 1. The zero-order valence-corrected chi connectivity index (χ0v) is 45.3. The molecule has 0 aliphatic carbocycles. The Hall–Kier alpha value is -8.56. The molecule has 11 N–H and O–H groups in total. The van der Waals surface area contributed by atoms with Crippen molar-refractivity contribution in [3.8, 4) is 28.7 Å². The second kappa shape index (κ2) is 24.5. The van der Waals surface area contributed by atoms with E-state index in [1.165, 1.54) is 37.4 Å². The van der Waals surface area contributed by atoms with Gasteiger partial charge in [0.25, 0.3) is 36.0 Å². The first kappa shape index (κ1) is 60.5. The largest absolute Gasteiger partial charge is 0.505 e. The zero-order valence-electron chi connectivity index (χ0n) is 40.4. The van der Waals surface area contributed by atoms with Crippen molar-refractivity contribution in [3.05, 3.63) is 107 Å². The number of ether oxygens (including phenoxy) is 1. The van der Waals surface area contributed by atoms with Crippen LogP contribution in [0.3, 0.4) is 0 Å². The lowest BCUT2D eigenvalue weighted by Gasteiger charge is -2.14. The molecule has 1 unspecified atom stereocenters. The maximum atomic E-state index is 12.8. The van der Waals surface area contributed by atoms with Crippen molar-refractivity contribution in [1.29, 1.82) is 0 Å². The second-order valence-electron chi connectivity index (χ2n) is 16.0. The number of anilines is 1. The minimum absolute atomic E-state index is 0.0342. The van der Waals surface area contributed by atoms with Crippen LogP contribution in [-0.4, -0.2) is 85.5 Å². The monoisotopic (exact) mass is 1260 g/mol. The van der Waals surface area contributed by atoms with Gasteiger partial charge in [-0.15, -0.1) is 39.4 Å². The fourth-order valence-corrected chi connectivity index (χ4v) is 10.7. The van der Waals surface area contributed by atoms with Crippen molar-refractivity contribution in [1.82, 2.24) is 0 Å². The Morgan fingerprint density at radius 2 is 1.08 bits per heavy atom. The van der Waals surface area contributed by atoms with Gasteiger partial charge in [0.15, 0.2) is 28.7 Å². The van der Waals surface area contributed by atoms with Crippen LogP contribution < -0.4 is 14.7 Å². The number of hydrogen-bond acceptors (Lipinski definition) is 31. The molecule has 1 atom stereocenters. The summed E-state index contributed by atoms with van der Waals surface area (Å²) in [4.78, 5) is 7.41. The van der Waals surface area contributed by atoms with Gasteiger partial charge in [0.2, 0.25) is 0 Å². The highest BCUT2D eigenvalue weighted by Crippen LogP contribution is 2.51. The van der Waals surface area contributed by atoms with E-state index in [1.807, 2.05) is 0 Å². The summed E-state index contributed by atoms with van der Waals surface area (Å²) in [6.45, 7) is 0. The molecule has 0 bridgehead atoms. The van der Waals surface area contributed by atoms with Crippen LogP contribution in [0.4, 0.5) is 56.9 Å². The summed E-state index contributed by atoms with van der Waals surface area (Å²) in [5, 5.41) is 101. The topological polar surface area (TPSA) is 525 Å². The average Bonchev–Trinajstić information content (AvgIpc) is 3.58. The van der Waals surface area contributed by atoms with Gasteiger partial charge in [0, 0.05) is 29.0 Å². The molecule has 0 radical (unpaired) electrons. The van der Waals surface area contributed by atoms with Crippen LogP contribution in [0.5, 0.6) is 28.7 Å². The first-order chi connectivity index (χ1) is 39.2. The molecule has 0 aromatic heterocycles. The molecule has 0 saturated heterocycles. The standard InChI is InChI=1S/C43H30N10O24S6/c1-72-24-5-9-28(32(17-24)81(63,64)65)48-50-38-31(79-77-75-60)13-18-10-21(2-6-25(18)41(38)54)45-49-37-29(73-80(61)62)12-20-15-33(82(66,67)68)39(36(44)35(20)43(37)56)51-46-22-3-7-26-19(11-22)14-34(83(69,70)71)40(42(26)55)52-47-27-8-4-23(53(57)58)16-30(27)78-76-74-59/h2-17,54-56,59-60H,44H2,1H3,(H,61,62)(H,63,64,65)(H,66,67,68)(H,69,70,71). The number of nitrogens with two attached hydrogens (primary N) is 1. The fraction of sp³-hybridized carbons (Fsp3) is 0.0233. The van der Waals surface area contributed by atoms with Gasteiger partial charge < -0.3 is 30.0 Å². The van der Waals surface area contributed by atoms with Crippen LogP contribution >= 0.6 is 24.1 Å². The summed E-state index contributed by atoms with van der Waals surface area (Å²) in [7, 11) is -14.2. The molecule has 0 aliphatic rings. The van der Waals surface area contributed by atoms with E-state index in [4.69, 9.17) is 25.2 Å². The number of nitro benzene ring substituents is 1. The van der Waals surface area contributed by atoms with Gasteiger partial charge in [-0.2, -0.15) is 39.7 Å². The van der Waals surface area contributed by atoms with Gasteiger partial charge in [-0.1, -0.05) is 10.1 Å². The van der Waals surface area contributed by atoms with E-state index in [0.717, 1.165) is 66.7 Å². The predicted molar refractivity (Wildman–Crippen MR) is 286 cm³/mol. The Morgan fingerprint density at radius 1 is 0.566 bits per heavy atom. The first-order valence-electron chi connectivity index (χ1n) is 21.6. The third-order valence-corrected chi connectivity index (χ3v) is 15.2. The highest BCUT2D eigenvalue weighted by molar-refractivity contribution is 7.95. The van der Waals surface area contributed by atoms with Crippen molar-refractivity contribution >= 4 is 155 Å². The van der Waals surface area contributed by atoms with Crippen LogP contribution in [-0.2, 0) is 60.5 Å². The quantitative estimate of drug-likeness (QED) is 0.00467. The molecule has 432 valence electrons. The van der Waals surface area contributed by atoms with E-state index in [2.05, 4.69) is 59.7 Å². The molecule has 8 aromatic rings. The molecule has 0 aliphatic heterocycles. The number of rotatable bonds is 21. The molecule has 34 nitrogen and oxygen atoms in total. The van der Waals surface area contributed by atoms with E-state index in [0.29, 0.717) is 12.0 Å². The van der Waals surface area contributed by atoms with Crippen LogP contribution in [0.25, 0.3) is 32.3 Å². The van der Waals surface area contributed by atoms with E-state index in [9.17, 15) is 73.1 Å². The molecule has 0 spiro atoms. The molecule has 40 heteroatoms. The smallest absolute Gasteiger partial charge is 0.357 e. The molecule has 8 aromatic carbocycles. The Morgan fingerprint density at radius 3 is 1.66 bits per heavy atom. The molecule has 0 fully saturated rings. The summed E-state index contributed by atoms with van der Waals surface area (Å²) >= 11 is -2.63. The number of azo groups is 4. The lowest BCUT2D eigenvalue weighted by atomic mass is 10.0. The van der Waals surface area contributed by atoms with Crippen molar-refractivity contribution in [2.75, 3.05) is 12.8 Å². The van der Waals surface area contributed by atoms with Crippen LogP contribution in [0.2, 0.25) is 0 Å². The third-order valence-electron chi connectivity index (χ3n) is 11.1. The Kier molecular flexibility index (Phi) is 17.9. The maximum Gasteiger partial charge on any atom is 0.357 e. The van der Waals surface area contributed by atoms with Gasteiger partial charge in [0.05, 0.1) is 68.4 Å². The number of non-ortho nitro benzene ring substituents is 1. The highest BCUT2D eigenvalue weighted by Gasteiger charge is 2.28. The number of aromatic hydroxyl groups is 3. The third kappa shape index (κ3) is 13.4. The van der Waals surface area contributed by atoms with Crippen LogP contribution in [0, 0.1) is 10.1 Å². The van der Waals surface area contributed by atoms with Crippen molar-refractivity contribution in [3.63, 3.8) is 0 Å². The minimum Gasteiger partial charge on any atom is -0.505 e. The minimum atomic E-state index is -5.32. The Bertz CT molecular complexity index is 4500. The number of hydrogen-bond donors (Lipinski definition) is 10. The number of phenolic OH excluding ortho intramolecular Hbond substituents is 3. The number of fused-ring (bicyclic) bond motifs is 3. The van der Waals surface area contributed by atoms with E-state index in [-0.39, 0.29) is 83.0 Å². The molecule has 83 heavy (non-hydrogen) atoms. The summed E-state index contributed by atoms with van der Waals surface area (Å²) in [6.07, 6.45) is 0. The number of benzene rings is 8. The summed E-state index contributed by atoms with van der Waals surface area (Å²) in [5.74, 6) is -3.18. The van der Waals surface area contributed by atoms with E-state index < -0.39 is 118 Å². The normalized spacial score (nSPS) is 13.0. The lowest BCUT2D eigenvalue weighted by molar-refractivity contribution is -0.432. The van der Waals surface area contributed by atoms with Gasteiger partial charge in [-0.05, 0) is 95.0 Å². The molecular formula is C43H30N10O24S6. The number of nitrogens with zero attached hydrogens (tertiary/aromatic N) is 9. The predicted octanol–water partition coefficient (Wildman–Crippen LogP) is 11.5. The van der Waals surface area contributed by atoms with Crippen molar-refractivity contribution in [2.24, 2.45) is 40.9 Å². The molecule has 8 rings (SSSR count). The lowest BCUT2D eigenvalue weighted by Crippen LogP contribution is -2.03. The van der Waals surface area contributed by atoms with E-state index >= 15 is 0 Å². The number of phenols is 3. The van der Waals surface area contributed by atoms with Gasteiger partial charge in [-0.25, -0.2) is 10.5 Å². The van der Waals surface area contributed by atoms with Gasteiger partial charge in [0.1, 0.15) is 48.9 Å². The first-order valence-corrected chi connectivity index (χ1v) is 28.4. The SMILES string of the molecule is COc1ccc(N=Nc2c(SOOO)cc3cc(N=Nc4c(OS(=O)O)cc5cc(S(=O)(=O)O)c(N=Nc6ccc7c(O)c(N=Nc8ccc([N+](=O)[O-])cc8SOOO)c(S(=O)(=O)O)cc7c6)c(N)c5c4O)ccc3c2O)c(S(=O)(=O)O)c1. The zero-order chi connectivity index (χ0) is 60.3. The summed E-state index contributed by atoms with van der Waals surface area (Å²) in [5.41, 5.74) is 1.50. The van der Waals surface area contributed by atoms with Gasteiger partial charge >= 0.3 is 11.4 Å². The van der Waals surface area contributed by atoms with Crippen LogP contribution in [0.15, 0.2) is 162 Å². The summed E-state index contributed by atoms with van der Waals surface area (Å²) in [6, 6.07) is 17.3. The highest BCUT2D eigenvalue weighted by atomic mass is 32.2. The number of nitro groups is 1. The number of methoxy groups -OCH3 is 1. The fourth-order valence-electron chi connectivity index (χ4n) is 7.51. The molecular weight excluding hydrogens is 1230 g/mol. The molecule has 0 amide bonds. The van der Waals surface area contributed by atoms with E-state index in [1.54, 1.807) is 0 Å². The molecule has 0 heterocycles. The Labute approximate surface area is 472 Å². The maximum absolute atomic E-state index is 12.8. The summed E-state index contributed by atoms with van der Waals surface area (Å²) < 4.78 is 146. The Balaban J connectivity index is 1.18. The van der Waals surface area contributed by atoms with Gasteiger partial charge in [-0.3, -0.25) is 28.3 Å².